The molecule has 2 aromatic rings. The standard InChI is InChI=1S/C19H17NO3/c1-23-19(22)14-8-10-16(11-9-14)20-12-15-7-6-13-4-2-3-5-17(13)18(15)21/h2-5,8-12,20H,6-7H2,1H3. The lowest BCUT2D eigenvalue weighted by atomic mass is 9.87. The first kappa shape index (κ1) is 15.0. The minimum absolute atomic E-state index is 0.0746. The SMILES string of the molecule is COC(=O)c1ccc(NC=C2CCc3ccccc3C2=O)cc1. The molecule has 1 aliphatic carbocycles. The Kier molecular flexibility index (Phi) is 4.24. The molecule has 1 N–H and O–H groups in total. The number of esters is 1. The predicted molar refractivity (Wildman–Crippen MR) is 88.6 cm³/mol. The van der Waals surface area contributed by atoms with Crippen molar-refractivity contribution in [1.82, 2.24) is 0 Å². The minimum Gasteiger partial charge on any atom is -0.465 e. The number of Topliss-reactive ketones (excluding diaryl/α,β-unsaturated/α-hetero) is 1. The van der Waals surface area contributed by atoms with E-state index in [0.29, 0.717) is 5.56 Å². The monoisotopic (exact) mass is 307 g/mol. The van der Waals surface area contributed by atoms with Crippen LogP contribution in [0.3, 0.4) is 0 Å². The molecule has 23 heavy (non-hydrogen) atoms. The molecular formula is C19H17NO3. The van der Waals surface area contributed by atoms with Gasteiger partial charge in [0.15, 0.2) is 5.78 Å². The third kappa shape index (κ3) is 3.16. The van der Waals surface area contributed by atoms with Gasteiger partial charge in [0.1, 0.15) is 0 Å². The third-order valence-corrected chi connectivity index (χ3v) is 3.94. The van der Waals surface area contributed by atoms with Gasteiger partial charge in [-0.2, -0.15) is 0 Å². The molecule has 0 amide bonds. The smallest absolute Gasteiger partial charge is 0.337 e. The Balaban J connectivity index is 1.74. The number of hydrogen-bond donors (Lipinski definition) is 1. The molecule has 0 atom stereocenters. The van der Waals surface area contributed by atoms with E-state index in [0.717, 1.165) is 35.2 Å². The molecule has 4 heteroatoms. The van der Waals surface area contributed by atoms with Crippen LogP contribution in [0.2, 0.25) is 0 Å². The van der Waals surface area contributed by atoms with E-state index in [1.807, 2.05) is 24.3 Å². The molecule has 1 aliphatic rings. The summed E-state index contributed by atoms with van der Waals surface area (Å²) in [7, 11) is 1.35. The average molecular weight is 307 g/mol. The second-order valence-electron chi connectivity index (χ2n) is 5.37. The summed E-state index contributed by atoms with van der Waals surface area (Å²) in [6, 6.07) is 14.7. The van der Waals surface area contributed by atoms with E-state index in [-0.39, 0.29) is 11.8 Å². The van der Waals surface area contributed by atoms with Crippen molar-refractivity contribution in [1.29, 1.82) is 0 Å². The summed E-state index contributed by atoms with van der Waals surface area (Å²) in [6.07, 6.45) is 3.35. The van der Waals surface area contributed by atoms with Gasteiger partial charge in [0.05, 0.1) is 12.7 Å². The molecule has 0 aliphatic heterocycles. The lowest BCUT2D eigenvalue weighted by molar-refractivity contribution is 0.0600. The van der Waals surface area contributed by atoms with Crippen LogP contribution in [-0.4, -0.2) is 18.9 Å². The molecule has 2 aromatic carbocycles. The fourth-order valence-electron chi connectivity index (χ4n) is 2.64. The molecule has 116 valence electrons. The zero-order chi connectivity index (χ0) is 16.2. The molecule has 0 fully saturated rings. The number of methoxy groups -OCH3 is 1. The van der Waals surface area contributed by atoms with Gasteiger partial charge in [0.25, 0.3) is 0 Å². The Bertz CT molecular complexity index is 775. The summed E-state index contributed by atoms with van der Waals surface area (Å²) in [4.78, 5) is 23.8. The maximum Gasteiger partial charge on any atom is 0.337 e. The topological polar surface area (TPSA) is 55.4 Å². The van der Waals surface area contributed by atoms with Crippen LogP contribution < -0.4 is 5.32 Å². The number of carbonyl (C=O) groups is 2. The van der Waals surface area contributed by atoms with Crippen molar-refractivity contribution in [3.8, 4) is 0 Å². The third-order valence-electron chi connectivity index (χ3n) is 3.94. The highest BCUT2D eigenvalue weighted by molar-refractivity contribution is 6.10. The van der Waals surface area contributed by atoms with E-state index in [2.05, 4.69) is 10.1 Å². The van der Waals surface area contributed by atoms with Crippen molar-refractivity contribution in [2.75, 3.05) is 12.4 Å². The second-order valence-corrected chi connectivity index (χ2v) is 5.37. The zero-order valence-electron chi connectivity index (χ0n) is 12.8. The molecule has 0 unspecified atom stereocenters. The molecular weight excluding hydrogens is 290 g/mol. The Morgan fingerprint density at radius 2 is 1.83 bits per heavy atom. The number of aryl methyl sites for hydroxylation is 1. The molecule has 0 aromatic heterocycles. The quantitative estimate of drug-likeness (QED) is 0.695. The van der Waals surface area contributed by atoms with E-state index in [1.165, 1.54) is 7.11 Å². The Morgan fingerprint density at radius 1 is 1.09 bits per heavy atom. The van der Waals surface area contributed by atoms with Crippen LogP contribution in [0.5, 0.6) is 0 Å². The fourth-order valence-corrected chi connectivity index (χ4v) is 2.64. The number of anilines is 1. The van der Waals surface area contributed by atoms with Crippen molar-refractivity contribution in [3.05, 3.63) is 77.0 Å². The highest BCUT2D eigenvalue weighted by Crippen LogP contribution is 2.25. The summed E-state index contributed by atoms with van der Waals surface area (Å²) in [5, 5.41) is 3.12. The molecule has 0 saturated carbocycles. The van der Waals surface area contributed by atoms with E-state index >= 15 is 0 Å². The minimum atomic E-state index is -0.367. The van der Waals surface area contributed by atoms with E-state index in [9.17, 15) is 9.59 Å². The molecule has 0 radical (unpaired) electrons. The van der Waals surface area contributed by atoms with E-state index in [4.69, 9.17) is 0 Å². The molecule has 0 heterocycles. The van der Waals surface area contributed by atoms with Crippen LogP contribution in [0.1, 0.15) is 32.7 Å². The molecule has 0 bridgehead atoms. The number of hydrogen-bond acceptors (Lipinski definition) is 4. The molecule has 0 spiro atoms. The van der Waals surface area contributed by atoms with Crippen LogP contribution in [0.15, 0.2) is 60.3 Å². The maximum absolute atomic E-state index is 12.5. The van der Waals surface area contributed by atoms with Gasteiger partial charge in [0, 0.05) is 23.0 Å². The number of ether oxygens (including phenoxy) is 1. The summed E-state index contributed by atoms with van der Waals surface area (Å²) in [5.41, 5.74) is 3.97. The largest absolute Gasteiger partial charge is 0.465 e. The van der Waals surface area contributed by atoms with Crippen molar-refractivity contribution in [3.63, 3.8) is 0 Å². The molecule has 0 saturated heterocycles. The van der Waals surface area contributed by atoms with Gasteiger partial charge in [-0.1, -0.05) is 24.3 Å². The van der Waals surface area contributed by atoms with Crippen LogP contribution in [0, 0.1) is 0 Å². The van der Waals surface area contributed by atoms with Gasteiger partial charge in [-0.25, -0.2) is 4.79 Å². The van der Waals surface area contributed by atoms with Gasteiger partial charge >= 0.3 is 5.97 Å². The summed E-state index contributed by atoms with van der Waals surface area (Å²) < 4.78 is 4.66. The number of nitrogens with one attached hydrogen (secondary N) is 1. The summed E-state index contributed by atoms with van der Waals surface area (Å²) >= 11 is 0. The zero-order valence-corrected chi connectivity index (χ0v) is 12.8. The van der Waals surface area contributed by atoms with Crippen LogP contribution in [0.25, 0.3) is 0 Å². The first-order valence-corrected chi connectivity index (χ1v) is 7.45. The van der Waals surface area contributed by atoms with Crippen molar-refractivity contribution >= 4 is 17.4 Å². The number of rotatable bonds is 3. The number of benzene rings is 2. The predicted octanol–water partition coefficient (Wildman–Crippen LogP) is 3.60. The van der Waals surface area contributed by atoms with Gasteiger partial charge in [-0.05, 0) is 42.7 Å². The molecule has 3 rings (SSSR count). The number of carbonyl (C=O) groups excluding carboxylic acids is 2. The summed E-state index contributed by atoms with van der Waals surface area (Å²) in [5.74, 6) is -0.292. The van der Waals surface area contributed by atoms with Crippen molar-refractivity contribution < 1.29 is 14.3 Å². The van der Waals surface area contributed by atoms with E-state index in [1.54, 1.807) is 30.5 Å². The van der Waals surface area contributed by atoms with Crippen LogP contribution in [0.4, 0.5) is 5.69 Å². The average Bonchev–Trinajstić information content (AvgIpc) is 2.61. The van der Waals surface area contributed by atoms with Gasteiger partial charge in [-0.15, -0.1) is 0 Å². The highest BCUT2D eigenvalue weighted by Gasteiger charge is 2.20. The maximum atomic E-state index is 12.5. The fraction of sp³-hybridized carbons (Fsp3) is 0.158. The first-order chi connectivity index (χ1) is 11.2. The van der Waals surface area contributed by atoms with Crippen molar-refractivity contribution in [2.24, 2.45) is 0 Å². The first-order valence-electron chi connectivity index (χ1n) is 7.45. The summed E-state index contributed by atoms with van der Waals surface area (Å²) in [6.45, 7) is 0. The highest BCUT2D eigenvalue weighted by atomic mass is 16.5. The number of fused-ring (bicyclic) bond motifs is 1. The van der Waals surface area contributed by atoms with Crippen LogP contribution in [-0.2, 0) is 11.2 Å². The lowest BCUT2D eigenvalue weighted by Crippen LogP contribution is -2.15. The normalized spacial score (nSPS) is 15.2. The lowest BCUT2D eigenvalue weighted by Gasteiger charge is -2.17. The van der Waals surface area contributed by atoms with E-state index < -0.39 is 0 Å². The number of allylic oxidation sites excluding steroid dienone is 1. The second kappa shape index (κ2) is 6.48. The van der Waals surface area contributed by atoms with Crippen LogP contribution >= 0.6 is 0 Å². The molecule has 4 nitrogen and oxygen atoms in total. The van der Waals surface area contributed by atoms with Gasteiger partial charge < -0.3 is 10.1 Å². The van der Waals surface area contributed by atoms with Crippen molar-refractivity contribution in [2.45, 2.75) is 12.8 Å². The Morgan fingerprint density at radius 3 is 2.57 bits per heavy atom. The van der Waals surface area contributed by atoms with Gasteiger partial charge in [-0.3, -0.25) is 4.79 Å². The van der Waals surface area contributed by atoms with Gasteiger partial charge in [0.2, 0.25) is 0 Å². The Hall–Kier alpha value is -2.88. The Labute approximate surface area is 134 Å². The number of ketones is 1.